The van der Waals surface area contributed by atoms with Gasteiger partial charge in [-0.15, -0.1) is 0 Å². The first-order valence-electron chi connectivity index (χ1n) is 7.88. The average molecular weight is 415 g/mol. The van der Waals surface area contributed by atoms with Crippen molar-refractivity contribution in [3.05, 3.63) is 92.9 Å². The molecule has 3 rings (SSSR count). The quantitative estimate of drug-likeness (QED) is 0.424. The summed E-state index contributed by atoms with van der Waals surface area (Å²) in [6, 6.07) is 21.7. The second-order valence-electron chi connectivity index (χ2n) is 5.69. The molecule has 0 saturated heterocycles. The Labute approximate surface area is 161 Å². The Balaban J connectivity index is 1.77. The predicted molar refractivity (Wildman–Crippen MR) is 108 cm³/mol. The zero-order chi connectivity index (χ0) is 17.6. The second kappa shape index (κ2) is 8.32. The van der Waals surface area contributed by atoms with Gasteiger partial charge in [0.25, 0.3) is 0 Å². The van der Waals surface area contributed by atoms with Crippen LogP contribution in [0.25, 0.3) is 0 Å². The van der Waals surface area contributed by atoms with Gasteiger partial charge in [-0.25, -0.2) is 0 Å². The van der Waals surface area contributed by atoms with Crippen molar-refractivity contribution in [1.29, 1.82) is 0 Å². The lowest BCUT2D eigenvalue weighted by atomic mass is 10.2. The number of nitrogens with zero attached hydrogens (tertiary/aromatic N) is 1. The van der Waals surface area contributed by atoms with E-state index in [1.54, 1.807) is 6.21 Å². The predicted octanol–water partition coefficient (Wildman–Crippen LogP) is 6.74. The van der Waals surface area contributed by atoms with Crippen molar-refractivity contribution in [2.75, 3.05) is 0 Å². The summed E-state index contributed by atoms with van der Waals surface area (Å²) >= 11 is 9.57. The van der Waals surface area contributed by atoms with Crippen LogP contribution in [0.2, 0.25) is 5.02 Å². The van der Waals surface area contributed by atoms with Crippen molar-refractivity contribution < 1.29 is 4.74 Å². The van der Waals surface area contributed by atoms with Gasteiger partial charge in [0.05, 0.1) is 5.69 Å². The zero-order valence-electron chi connectivity index (χ0n) is 13.7. The van der Waals surface area contributed by atoms with E-state index in [0.717, 1.165) is 27.0 Å². The molecule has 0 aliphatic carbocycles. The van der Waals surface area contributed by atoms with Gasteiger partial charge in [-0.3, -0.25) is 4.99 Å². The Morgan fingerprint density at radius 1 is 1.00 bits per heavy atom. The van der Waals surface area contributed by atoms with Crippen LogP contribution in [-0.4, -0.2) is 6.21 Å². The molecule has 0 aliphatic heterocycles. The first-order valence-corrected chi connectivity index (χ1v) is 9.05. The lowest BCUT2D eigenvalue weighted by Gasteiger charge is -2.10. The number of hydrogen-bond donors (Lipinski definition) is 0. The van der Waals surface area contributed by atoms with Gasteiger partial charge < -0.3 is 4.74 Å². The first kappa shape index (κ1) is 17.7. The summed E-state index contributed by atoms with van der Waals surface area (Å²) in [5, 5.41) is 0.654. The van der Waals surface area contributed by atoms with Gasteiger partial charge >= 0.3 is 0 Å². The molecular weight excluding hydrogens is 398 g/mol. The summed E-state index contributed by atoms with van der Waals surface area (Å²) in [5.74, 6) is 0.753. The summed E-state index contributed by atoms with van der Waals surface area (Å²) < 4.78 is 7.01. The standard InChI is InChI=1S/C21H17BrClNO/c1-15-2-9-20(10-3-15)24-13-17-12-19(23)8-11-21(17)25-14-16-4-6-18(22)7-5-16/h2-13H,14H2,1H3. The van der Waals surface area contributed by atoms with Gasteiger partial charge in [0, 0.05) is 21.3 Å². The molecule has 0 N–H and O–H groups in total. The molecule has 0 bridgehead atoms. The van der Waals surface area contributed by atoms with Gasteiger partial charge in [0.15, 0.2) is 0 Å². The number of rotatable bonds is 5. The van der Waals surface area contributed by atoms with E-state index in [1.807, 2.05) is 66.7 Å². The van der Waals surface area contributed by atoms with E-state index >= 15 is 0 Å². The third-order valence-electron chi connectivity index (χ3n) is 3.67. The molecule has 3 aromatic carbocycles. The maximum Gasteiger partial charge on any atom is 0.128 e. The third-order valence-corrected chi connectivity index (χ3v) is 4.43. The molecule has 0 aliphatic rings. The number of halogens is 2. The molecule has 0 fully saturated rings. The summed E-state index contributed by atoms with van der Waals surface area (Å²) in [7, 11) is 0. The first-order chi connectivity index (χ1) is 12.1. The van der Waals surface area contributed by atoms with Crippen LogP contribution in [-0.2, 0) is 6.61 Å². The molecule has 3 aromatic rings. The molecule has 0 aromatic heterocycles. The number of hydrogen-bond acceptors (Lipinski definition) is 2. The van der Waals surface area contributed by atoms with Crippen LogP contribution in [0, 0.1) is 6.92 Å². The smallest absolute Gasteiger partial charge is 0.128 e. The van der Waals surface area contributed by atoms with E-state index < -0.39 is 0 Å². The van der Waals surface area contributed by atoms with Crippen LogP contribution in [0.1, 0.15) is 16.7 Å². The van der Waals surface area contributed by atoms with Crippen molar-refractivity contribution in [3.8, 4) is 5.75 Å². The monoisotopic (exact) mass is 413 g/mol. The van der Waals surface area contributed by atoms with Gasteiger partial charge in [-0.05, 0) is 55.0 Å². The molecule has 0 radical (unpaired) electrons. The lowest BCUT2D eigenvalue weighted by molar-refractivity contribution is 0.306. The van der Waals surface area contributed by atoms with Crippen LogP contribution in [0.5, 0.6) is 5.75 Å². The highest BCUT2D eigenvalue weighted by molar-refractivity contribution is 9.10. The summed E-state index contributed by atoms with van der Waals surface area (Å²) in [4.78, 5) is 4.52. The van der Waals surface area contributed by atoms with Crippen LogP contribution in [0.3, 0.4) is 0 Å². The van der Waals surface area contributed by atoms with Crippen LogP contribution >= 0.6 is 27.5 Å². The highest BCUT2D eigenvalue weighted by Crippen LogP contribution is 2.24. The van der Waals surface area contributed by atoms with E-state index in [4.69, 9.17) is 16.3 Å². The summed E-state index contributed by atoms with van der Waals surface area (Å²) in [5.41, 5.74) is 4.05. The number of benzene rings is 3. The van der Waals surface area contributed by atoms with E-state index in [1.165, 1.54) is 5.56 Å². The highest BCUT2D eigenvalue weighted by atomic mass is 79.9. The Morgan fingerprint density at radius 2 is 1.72 bits per heavy atom. The molecular formula is C21H17BrClNO. The molecule has 0 heterocycles. The largest absolute Gasteiger partial charge is 0.488 e. The molecule has 0 atom stereocenters. The van der Waals surface area contributed by atoms with Crippen molar-refractivity contribution >= 4 is 39.4 Å². The van der Waals surface area contributed by atoms with Crippen molar-refractivity contribution in [2.45, 2.75) is 13.5 Å². The molecule has 2 nitrogen and oxygen atoms in total. The van der Waals surface area contributed by atoms with Crippen LogP contribution in [0.15, 0.2) is 76.2 Å². The molecule has 0 spiro atoms. The molecule has 0 saturated carbocycles. The lowest BCUT2D eigenvalue weighted by Crippen LogP contribution is -1.98. The fraction of sp³-hybridized carbons (Fsp3) is 0.0952. The van der Waals surface area contributed by atoms with Gasteiger partial charge in [0.2, 0.25) is 0 Å². The summed E-state index contributed by atoms with van der Waals surface area (Å²) in [6.07, 6.45) is 1.79. The third kappa shape index (κ3) is 5.18. The zero-order valence-corrected chi connectivity index (χ0v) is 16.1. The Bertz CT molecular complexity index is 873. The maximum absolute atomic E-state index is 6.13. The molecule has 0 unspecified atom stereocenters. The average Bonchev–Trinajstić information content (AvgIpc) is 2.62. The van der Waals surface area contributed by atoms with Crippen molar-refractivity contribution in [3.63, 3.8) is 0 Å². The van der Waals surface area contributed by atoms with E-state index in [-0.39, 0.29) is 0 Å². The van der Waals surface area contributed by atoms with E-state index in [9.17, 15) is 0 Å². The van der Waals surface area contributed by atoms with E-state index in [2.05, 4.69) is 27.8 Å². The Kier molecular flexibility index (Phi) is 5.90. The maximum atomic E-state index is 6.13. The van der Waals surface area contributed by atoms with Crippen molar-refractivity contribution in [1.82, 2.24) is 0 Å². The fourth-order valence-electron chi connectivity index (χ4n) is 2.27. The second-order valence-corrected chi connectivity index (χ2v) is 7.04. The highest BCUT2D eigenvalue weighted by Gasteiger charge is 2.04. The van der Waals surface area contributed by atoms with Gasteiger partial charge in [-0.2, -0.15) is 0 Å². The Morgan fingerprint density at radius 3 is 2.44 bits per heavy atom. The minimum Gasteiger partial charge on any atom is -0.488 e. The van der Waals surface area contributed by atoms with E-state index in [0.29, 0.717) is 11.6 Å². The van der Waals surface area contributed by atoms with Crippen LogP contribution < -0.4 is 4.74 Å². The van der Waals surface area contributed by atoms with Crippen LogP contribution in [0.4, 0.5) is 5.69 Å². The fourth-order valence-corrected chi connectivity index (χ4v) is 2.71. The minimum absolute atomic E-state index is 0.486. The number of aryl methyl sites for hydroxylation is 1. The molecule has 0 amide bonds. The van der Waals surface area contributed by atoms with Crippen molar-refractivity contribution in [2.24, 2.45) is 4.99 Å². The van der Waals surface area contributed by atoms with Gasteiger partial charge in [-0.1, -0.05) is 57.4 Å². The minimum atomic E-state index is 0.486. The number of aliphatic imine (C=N–C) groups is 1. The summed E-state index contributed by atoms with van der Waals surface area (Å²) in [6.45, 7) is 2.54. The molecule has 25 heavy (non-hydrogen) atoms. The Hall–Kier alpha value is -2.10. The molecule has 126 valence electrons. The normalized spacial score (nSPS) is 11.0. The topological polar surface area (TPSA) is 21.6 Å². The molecule has 4 heteroatoms. The van der Waals surface area contributed by atoms with Gasteiger partial charge in [0.1, 0.15) is 12.4 Å². The number of ether oxygens (including phenoxy) is 1. The SMILES string of the molecule is Cc1ccc(N=Cc2cc(Cl)ccc2OCc2ccc(Br)cc2)cc1.